The van der Waals surface area contributed by atoms with Gasteiger partial charge in [0.2, 0.25) is 0 Å². The quantitative estimate of drug-likeness (QED) is 0.318. The molecule has 0 aliphatic carbocycles. The second kappa shape index (κ2) is 9.16. The second-order valence-corrected chi connectivity index (χ2v) is 10.3. The molecule has 0 saturated carbocycles. The molecule has 11 heteroatoms. The first kappa shape index (κ1) is 24.0. The molecule has 0 bridgehead atoms. The van der Waals surface area contributed by atoms with Crippen LogP contribution in [0.15, 0.2) is 48.1 Å². The highest BCUT2D eigenvalue weighted by atomic mass is 32.1. The Morgan fingerprint density at radius 2 is 1.84 bits per heavy atom. The Morgan fingerprint density at radius 3 is 2.65 bits per heavy atom. The Bertz CT molecular complexity index is 1550. The number of fused-ring (bicyclic) bond motifs is 2. The van der Waals surface area contributed by atoms with Gasteiger partial charge < -0.3 is 14.9 Å². The molecule has 2 amide bonds. The van der Waals surface area contributed by atoms with Crippen molar-refractivity contribution in [2.45, 2.75) is 31.8 Å². The van der Waals surface area contributed by atoms with Gasteiger partial charge in [0.1, 0.15) is 4.83 Å². The van der Waals surface area contributed by atoms with E-state index in [1.54, 1.807) is 6.20 Å². The zero-order chi connectivity index (χ0) is 25.7. The summed E-state index contributed by atoms with van der Waals surface area (Å²) in [6.07, 6.45) is 0.324. The van der Waals surface area contributed by atoms with E-state index >= 15 is 0 Å². The van der Waals surface area contributed by atoms with Crippen LogP contribution in [-0.4, -0.2) is 46.9 Å². The van der Waals surface area contributed by atoms with Gasteiger partial charge in [-0.25, -0.2) is 0 Å². The largest absolute Gasteiger partial charge is 0.522 e. The molecule has 192 valence electrons. The standard InChI is InChI=1S/C26H23F3N4O3S/c27-26(28,29)36-13-15-9-14(5-7-30-15)11-33-12-19(16-3-1-2-4-20(16)33)22-21(23(34)32-24(22)35)18-10-31-25-17(18)6-8-37-25/h1-4,6,8,10,12,14-15,30-31H,5,7,9,11,13H2,(H,32,34,35). The number of piperidine rings is 1. The maximum absolute atomic E-state index is 13.1. The maximum Gasteiger partial charge on any atom is 0.522 e. The van der Waals surface area contributed by atoms with E-state index < -0.39 is 30.8 Å². The number of H-pyrrole nitrogens is 1. The monoisotopic (exact) mass is 528 g/mol. The number of carbonyl (C=O) groups is 2. The Morgan fingerprint density at radius 1 is 1.05 bits per heavy atom. The zero-order valence-corrected chi connectivity index (χ0v) is 20.3. The van der Waals surface area contributed by atoms with Gasteiger partial charge in [0, 0.05) is 52.4 Å². The van der Waals surface area contributed by atoms with Crippen molar-refractivity contribution in [3.63, 3.8) is 0 Å². The Kier molecular flexibility index (Phi) is 5.93. The fourth-order valence-electron chi connectivity index (χ4n) is 5.48. The van der Waals surface area contributed by atoms with Crippen molar-refractivity contribution in [1.29, 1.82) is 0 Å². The number of rotatable bonds is 6. The fraction of sp³-hybridized carbons (Fsp3) is 0.308. The third-order valence-electron chi connectivity index (χ3n) is 7.07. The van der Waals surface area contributed by atoms with E-state index in [1.807, 2.05) is 46.5 Å². The van der Waals surface area contributed by atoms with Crippen molar-refractivity contribution >= 4 is 55.4 Å². The highest BCUT2D eigenvalue weighted by Crippen LogP contribution is 2.39. The zero-order valence-electron chi connectivity index (χ0n) is 19.5. The minimum Gasteiger partial charge on any atom is -0.352 e. The SMILES string of the molecule is O=C1NC(=O)C(c2cn(CC3CCNC(COC(F)(F)F)C3)c3ccccc23)=C1c1c[nH]c2sccc12. The summed E-state index contributed by atoms with van der Waals surface area (Å²) in [5, 5.41) is 9.21. The number of hydrogen-bond donors (Lipinski definition) is 3. The normalized spacial score (nSPS) is 20.9. The van der Waals surface area contributed by atoms with Crippen LogP contribution in [0.3, 0.4) is 0 Å². The number of para-hydroxylation sites is 1. The lowest BCUT2D eigenvalue weighted by molar-refractivity contribution is -0.326. The van der Waals surface area contributed by atoms with E-state index in [-0.39, 0.29) is 5.92 Å². The molecular weight excluding hydrogens is 505 g/mol. The number of imide groups is 1. The number of aromatic amines is 1. The molecule has 0 spiro atoms. The van der Waals surface area contributed by atoms with Crippen LogP contribution in [0.4, 0.5) is 13.2 Å². The number of benzene rings is 1. The van der Waals surface area contributed by atoms with Gasteiger partial charge in [-0.05, 0) is 42.8 Å². The topological polar surface area (TPSA) is 88.2 Å². The Balaban J connectivity index is 1.37. The van der Waals surface area contributed by atoms with Gasteiger partial charge in [-0.15, -0.1) is 24.5 Å². The Labute approximate surface area is 213 Å². The number of hydrogen-bond acceptors (Lipinski definition) is 5. The lowest BCUT2D eigenvalue weighted by Crippen LogP contribution is -2.43. The molecule has 2 aliphatic rings. The number of alkyl halides is 3. The van der Waals surface area contributed by atoms with Crippen LogP contribution in [-0.2, 0) is 20.9 Å². The third-order valence-corrected chi connectivity index (χ3v) is 7.91. The van der Waals surface area contributed by atoms with Crippen molar-refractivity contribution in [3.8, 4) is 0 Å². The summed E-state index contributed by atoms with van der Waals surface area (Å²) in [7, 11) is 0. The summed E-state index contributed by atoms with van der Waals surface area (Å²) in [5.74, 6) is -0.761. The first-order chi connectivity index (χ1) is 17.8. The molecule has 6 rings (SSSR count). The van der Waals surface area contributed by atoms with Crippen molar-refractivity contribution in [3.05, 3.63) is 59.2 Å². The number of nitrogens with zero attached hydrogens (tertiary/aromatic N) is 1. The van der Waals surface area contributed by atoms with Crippen LogP contribution in [0, 0.1) is 5.92 Å². The van der Waals surface area contributed by atoms with Gasteiger partial charge in [-0.2, -0.15) is 0 Å². The number of halogens is 3. The van der Waals surface area contributed by atoms with Crippen LogP contribution in [0.25, 0.3) is 32.3 Å². The van der Waals surface area contributed by atoms with Gasteiger partial charge in [0.25, 0.3) is 11.8 Å². The lowest BCUT2D eigenvalue weighted by Gasteiger charge is -2.30. The average Bonchev–Trinajstić information content (AvgIpc) is 3.61. The molecule has 2 aliphatic heterocycles. The number of ether oxygens (including phenoxy) is 1. The van der Waals surface area contributed by atoms with Crippen LogP contribution < -0.4 is 10.6 Å². The van der Waals surface area contributed by atoms with Gasteiger partial charge in [-0.1, -0.05) is 18.2 Å². The van der Waals surface area contributed by atoms with E-state index in [0.29, 0.717) is 41.8 Å². The summed E-state index contributed by atoms with van der Waals surface area (Å²) in [6, 6.07) is 9.19. The molecule has 2 unspecified atom stereocenters. The van der Waals surface area contributed by atoms with Crippen LogP contribution >= 0.6 is 11.3 Å². The highest BCUT2D eigenvalue weighted by molar-refractivity contribution is 7.16. The second-order valence-electron chi connectivity index (χ2n) is 9.41. The molecule has 1 saturated heterocycles. The smallest absolute Gasteiger partial charge is 0.352 e. The number of amides is 2. The Hall–Kier alpha value is -3.41. The molecule has 1 aromatic carbocycles. The van der Waals surface area contributed by atoms with Crippen molar-refractivity contribution in [2.24, 2.45) is 5.92 Å². The molecule has 3 aromatic heterocycles. The molecule has 5 heterocycles. The van der Waals surface area contributed by atoms with Crippen LogP contribution in [0.5, 0.6) is 0 Å². The number of carbonyl (C=O) groups excluding carboxylic acids is 2. The number of nitrogens with one attached hydrogen (secondary N) is 3. The first-order valence-corrected chi connectivity index (χ1v) is 12.8. The van der Waals surface area contributed by atoms with Gasteiger partial charge >= 0.3 is 6.36 Å². The van der Waals surface area contributed by atoms with E-state index in [9.17, 15) is 22.8 Å². The fourth-order valence-corrected chi connectivity index (χ4v) is 6.25. The van der Waals surface area contributed by atoms with Crippen LogP contribution in [0.2, 0.25) is 0 Å². The van der Waals surface area contributed by atoms with E-state index in [1.165, 1.54) is 11.3 Å². The van der Waals surface area contributed by atoms with Gasteiger partial charge in [0.15, 0.2) is 0 Å². The summed E-state index contributed by atoms with van der Waals surface area (Å²) in [5.41, 5.74) is 2.90. The molecule has 1 fully saturated rings. The van der Waals surface area contributed by atoms with Gasteiger partial charge in [0.05, 0.1) is 17.8 Å². The molecule has 3 N–H and O–H groups in total. The summed E-state index contributed by atoms with van der Waals surface area (Å²) >= 11 is 1.52. The molecule has 0 radical (unpaired) electrons. The molecule has 7 nitrogen and oxygen atoms in total. The van der Waals surface area contributed by atoms with E-state index in [4.69, 9.17) is 0 Å². The maximum atomic E-state index is 13.1. The average molecular weight is 529 g/mol. The van der Waals surface area contributed by atoms with Crippen molar-refractivity contribution in [1.82, 2.24) is 20.2 Å². The van der Waals surface area contributed by atoms with E-state index in [2.05, 4.69) is 20.4 Å². The summed E-state index contributed by atoms with van der Waals surface area (Å²) in [4.78, 5) is 30.1. The van der Waals surface area contributed by atoms with Crippen molar-refractivity contribution in [2.75, 3.05) is 13.2 Å². The highest BCUT2D eigenvalue weighted by Gasteiger charge is 2.36. The third kappa shape index (κ3) is 4.47. The van der Waals surface area contributed by atoms with Crippen LogP contribution in [0.1, 0.15) is 24.0 Å². The summed E-state index contributed by atoms with van der Waals surface area (Å²) in [6.45, 7) is 0.741. The molecule has 37 heavy (non-hydrogen) atoms. The minimum absolute atomic E-state index is 0.120. The molecule has 2 atom stereocenters. The minimum atomic E-state index is -4.65. The first-order valence-electron chi connectivity index (χ1n) is 12.0. The van der Waals surface area contributed by atoms with E-state index in [0.717, 1.165) is 27.5 Å². The van der Waals surface area contributed by atoms with Gasteiger partial charge in [-0.3, -0.25) is 19.6 Å². The predicted octanol–water partition coefficient (Wildman–Crippen LogP) is 4.66. The number of aromatic nitrogens is 2. The predicted molar refractivity (Wildman–Crippen MR) is 135 cm³/mol. The molecule has 4 aromatic rings. The number of thiophene rings is 1. The van der Waals surface area contributed by atoms with Crippen molar-refractivity contribution < 1.29 is 27.5 Å². The summed E-state index contributed by atoms with van der Waals surface area (Å²) < 4.78 is 43.7. The molecular formula is C26H23F3N4O3S. The lowest BCUT2D eigenvalue weighted by atomic mass is 9.92.